The highest BCUT2D eigenvalue weighted by molar-refractivity contribution is 7.22. The molecule has 56 valence electrons. The van der Waals surface area contributed by atoms with Gasteiger partial charge in [-0.2, -0.15) is 0 Å². The third-order valence-corrected chi connectivity index (χ3v) is 2.97. The first-order valence-electron chi connectivity index (χ1n) is 3.28. The maximum absolute atomic E-state index is 5.85. The molecule has 0 spiro atoms. The fourth-order valence-electron chi connectivity index (χ4n) is 1.07. The molecule has 0 fully saturated rings. The van der Waals surface area contributed by atoms with Gasteiger partial charge in [-0.3, -0.25) is 4.98 Å². The maximum Gasteiger partial charge on any atom is 0.0941 e. The monoisotopic (exact) mass is 183 g/mol. The fraction of sp³-hybridized carbons (Fsp3) is 0.125. The lowest BCUT2D eigenvalue weighted by atomic mass is 10.3. The standard InChI is InChI=1S/C8H6ClNS/c1-5-8-6(2-3-10-5)4-7(9)11-8/h2-4H,1H3. The number of rotatable bonds is 0. The zero-order valence-electron chi connectivity index (χ0n) is 5.97. The van der Waals surface area contributed by atoms with Gasteiger partial charge in [0.15, 0.2) is 0 Å². The van der Waals surface area contributed by atoms with Crippen molar-refractivity contribution in [3.05, 3.63) is 28.4 Å². The summed E-state index contributed by atoms with van der Waals surface area (Å²) < 4.78 is 2.02. The van der Waals surface area contributed by atoms with E-state index in [1.807, 2.05) is 19.1 Å². The summed E-state index contributed by atoms with van der Waals surface area (Å²) in [5.74, 6) is 0. The van der Waals surface area contributed by atoms with Gasteiger partial charge in [-0.1, -0.05) is 11.6 Å². The Bertz CT molecular complexity index is 394. The van der Waals surface area contributed by atoms with Crippen LogP contribution < -0.4 is 0 Å². The van der Waals surface area contributed by atoms with Crippen LogP contribution in [0.3, 0.4) is 0 Å². The molecule has 0 bridgehead atoms. The van der Waals surface area contributed by atoms with Crippen LogP contribution in [0.25, 0.3) is 10.1 Å². The van der Waals surface area contributed by atoms with Crippen molar-refractivity contribution in [3.8, 4) is 0 Å². The molecule has 0 amide bonds. The van der Waals surface area contributed by atoms with E-state index in [0.717, 1.165) is 10.0 Å². The van der Waals surface area contributed by atoms with Crippen LogP contribution in [0.5, 0.6) is 0 Å². The van der Waals surface area contributed by atoms with Gasteiger partial charge < -0.3 is 0 Å². The van der Waals surface area contributed by atoms with Crippen molar-refractivity contribution in [2.75, 3.05) is 0 Å². The van der Waals surface area contributed by atoms with Gasteiger partial charge in [0.05, 0.1) is 14.7 Å². The molecule has 0 atom stereocenters. The normalized spacial score (nSPS) is 10.7. The summed E-state index contributed by atoms with van der Waals surface area (Å²) in [5, 5.41) is 1.19. The first-order valence-corrected chi connectivity index (χ1v) is 4.47. The van der Waals surface area contributed by atoms with Gasteiger partial charge in [0.25, 0.3) is 0 Å². The highest BCUT2D eigenvalue weighted by Crippen LogP contribution is 2.30. The van der Waals surface area contributed by atoms with Crippen molar-refractivity contribution >= 4 is 33.0 Å². The Labute approximate surface area is 73.6 Å². The van der Waals surface area contributed by atoms with Gasteiger partial charge in [-0.15, -0.1) is 11.3 Å². The summed E-state index contributed by atoms with van der Waals surface area (Å²) in [6.07, 6.45) is 1.81. The number of hydrogen-bond acceptors (Lipinski definition) is 2. The van der Waals surface area contributed by atoms with Gasteiger partial charge >= 0.3 is 0 Å². The van der Waals surface area contributed by atoms with Crippen molar-refractivity contribution in [1.82, 2.24) is 4.98 Å². The number of halogens is 1. The zero-order chi connectivity index (χ0) is 7.84. The molecule has 3 heteroatoms. The lowest BCUT2D eigenvalue weighted by Crippen LogP contribution is -1.76. The van der Waals surface area contributed by atoms with E-state index < -0.39 is 0 Å². The van der Waals surface area contributed by atoms with Crippen LogP contribution in [-0.2, 0) is 0 Å². The predicted molar refractivity (Wildman–Crippen MR) is 49.4 cm³/mol. The van der Waals surface area contributed by atoms with E-state index in [2.05, 4.69) is 4.98 Å². The van der Waals surface area contributed by atoms with E-state index in [-0.39, 0.29) is 0 Å². The summed E-state index contributed by atoms with van der Waals surface area (Å²) >= 11 is 7.43. The van der Waals surface area contributed by atoms with Crippen LogP contribution in [-0.4, -0.2) is 4.98 Å². The van der Waals surface area contributed by atoms with E-state index in [4.69, 9.17) is 11.6 Å². The van der Waals surface area contributed by atoms with Gasteiger partial charge in [0.1, 0.15) is 0 Å². The highest BCUT2D eigenvalue weighted by atomic mass is 35.5. The van der Waals surface area contributed by atoms with Gasteiger partial charge in [-0.05, 0) is 24.4 Å². The molecule has 2 rings (SSSR count). The Morgan fingerprint density at radius 3 is 3.09 bits per heavy atom. The first kappa shape index (κ1) is 7.07. The van der Waals surface area contributed by atoms with E-state index in [1.54, 1.807) is 17.5 Å². The maximum atomic E-state index is 5.85. The van der Waals surface area contributed by atoms with E-state index in [1.165, 1.54) is 10.1 Å². The first-order chi connectivity index (χ1) is 5.27. The number of pyridine rings is 1. The molecule has 2 aromatic heterocycles. The Morgan fingerprint density at radius 2 is 2.36 bits per heavy atom. The number of hydrogen-bond donors (Lipinski definition) is 0. The molecule has 11 heavy (non-hydrogen) atoms. The summed E-state index contributed by atoms with van der Waals surface area (Å²) in [5.41, 5.74) is 1.06. The van der Waals surface area contributed by atoms with Crippen LogP contribution >= 0.6 is 22.9 Å². The minimum absolute atomic E-state index is 0.830. The molecular weight excluding hydrogens is 178 g/mol. The topological polar surface area (TPSA) is 12.9 Å². The number of aryl methyl sites for hydroxylation is 1. The third-order valence-electron chi connectivity index (χ3n) is 1.58. The molecule has 0 radical (unpaired) electrons. The predicted octanol–water partition coefficient (Wildman–Crippen LogP) is 3.26. The van der Waals surface area contributed by atoms with Crippen LogP contribution in [0.1, 0.15) is 5.69 Å². The third kappa shape index (κ3) is 1.12. The zero-order valence-corrected chi connectivity index (χ0v) is 7.54. The minimum atomic E-state index is 0.830. The SMILES string of the molecule is Cc1nccc2cc(Cl)sc12. The second-order valence-corrected chi connectivity index (χ2v) is 4.05. The van der Waals surface area contributed by atoms with E-state index in [0.29, 0.717) is 0 Å². The number of nitrogens with zero attached hydrogens (tertiary/aromatic N) is 1. The van der Waals surface area contributed by atoms with E-state index >= 15 is 0 Å². The molecule has 0 aromatic carbocycles. The number of fused-ring (bicyclic) bond motifs is 1. The smallest absolute Gasteiger partial charge is 0.0941 e. The summed E-state index contributed by atoms with van der Waals surface area (Å²) in [4.78, 5) is 4.17. The van der Waals surface area contributed by atoms with E-state index in [9.17, 15) is 0 Å². The van der Waals surface area contributed by atoms with Crippen LogP contribution in [0, 0.1) is 6.92 Å². The molecule has 0 N–H and O–H groups in total. The molecule has 2 aromatic rings. The Kier molecular flexibility index (Phi) is 1.59. The molecule has 2 heterocycles. The lowest BCUT2D eigenvalue weighted by Gasteiger charge is -1.90. The largest absolute Gasteiger partial charge is 0.260 e. The summed E-state index contributed by atoms with van der Waals surface area (Å²) in [6, 6.07) is 3.95. The average molecular weight is 184 g/mol. The molecule has 1 nitrogen and oxygen atoms in total. The minimum Gasteiger partial charge on any atom is -0.260 e. The lowest BCUT2D eigenvalue weighted by molar-refractivity contribution is 1.24. The Morgan fingerprint density at radius 1 is 1.55 bits per heavy atom. The Balaban J connectivity index is 2.90. The van der Waals surface area contributed by atoms with Crippen LogP contribution in [0.4, 0.5) is 0 Å². The second kappa shape index (κ2) is 2.47. The molecule has 0 saturated heterocycles. The summed E-state index contributed by atoms with van der Waals surface area (Å²) in [6.45, 7) is 2.00. The fourth-order valence-corrected chi connectivity index (χ4v) is 2.24. The highest BCUT2D eigenvalue weighted by Gasteiger charge is 2.01. The molecule has 0 saturated carbocycles. The molecule has 0 aliphatic heterocycles. The van der Waals surface area contributed by atoms with Crippen molar-refractivity contribution in [2.24, 2.45) is 0 Å². The van der Waals surface area contributed by atoms with Crippen LogP contribution in [0.2, 0.25) is 4.34 Å². The molecule has 0 unspecified atom stereocenters. The number of thiophene rings is 1. The Hall–Kier alpha value is -0.600. The van der Waals surface area contributed by atoms with Crippen molar-refractivity contribution in [1.29, 1.82) is 0 Å². The average Bonchev–Trinajstić information content (AvgIpc) is 2.31. The molecule has 0 aliphatic rings. The van der Waals surface area contributed by atoms with Crippen molar-refractivity contribution < 1.29 is 0 Å². The van der Waals surface area contributed by atoms with Gasteiger partial charge in [-0.25, -0.2) is 0 Å². The second-order valence-electron chi connectivity index (χ2n) is 2.37. The molecular formula is C8H6ClNS. The number of aromatic nitrogens is 1. The van der Waals surface area contributed by atoms with Crippen LogP contribution in [0.15, 0.2) is 18.3 Å². The van der Waals surface area contributed by atoms with Crippen molar-refractivity contribution in [2.45, 2.75) is 6.92 Å². The summed E-state index contributed by atoms with van der Waals surface area (Å²) in [7, 11) is 0. The van der Waals surface area contributed by atoms with Gasteiger partial charge in [0.2, 0.25) is 0 Å². The molecule has 0 aliphatic carbocycles. The van der Waals surface area contributed by atoms with Crippen molar-refractivity contribution in [3.63, 3.8) is 0 Å². The van der Waals surface area contributed by atoms with Gasteiger partial charge in [0, 0.05) is 6.20 Å². The quantitative estimate of drug-likeness (QED) is 0.611.